The van der Waals surface area contributed by atoms with Gasteiger partial charge in [0.1, 0.15) is 0 Å². The molecular formula is C19H15IN2OS. The fraction of sp³-hybridized carbons (Fsp3) is 0.158. The topological polar surface area (TPSA) is 34.4 Å². The number of hydrogen-bond donors (Lipinski definition) is 0. The van der Waals surface area contributed by atoms with Crippen LogP contribution in [0.25, 0.3) is 10.2 Å². The molecule has 120 valence electrons. The minimum absolute atomic E-state index is 0.245. The van der Waals surface area contributed by atoms with Crippen LogP contribution in [0.4, 0.5) is 0 Å². The Labute approximate surface area is 158 Å². The Morgan fingerprint density at radius 2 is 2.00 bits per heavy atom. The fourth-order valence-corrected chi connectivity index (χ4v) is 4.16. The maximum absolute atomic E-state index is 12.6. The highest BCUT2D eigenvalue weighted by Crippen LogP contribution is 2.22. The van der Waals surface area contributed by atoms with Crippen molar-refractivity contribution >= 4 is 50.1 Å². The number of fused-ring (bicyclic) bond motifs is 1. The minimum atomic E-state index is -0.245. The first-order valence-electron chi connectivity index (χ1n) is 7.39. The van der Waals surface area contributed by atoms with Gasteiger partial charge in [-0.15, -0.1) is 6.42 Å². The van der Waals surface area contributed by atoms with E-state index in [0.717, 1.165) is 13.8 Å². The zero-order valence-corrected chi connectivity index (χ0v) is 16.3. The number of carbonyl (C=O) groups is 1. The Balaban J connectivity index is 2.22. The summed E-state index contributed by atoms with van der Waals surface area (Å²) in [6.45, 7) is 4.54. The summed E-state index contributed by atoms with van der Waals surface area (Å²) in [6.07, 6.45) is 5.52. The first-order chi connectivity index (χ1) is 11.5. The summed E-state index contributed by atoms with van der Waals surface area (Å²) in [4.78, 5) is 17.6. The van der Waals surface area contributed by atoms with Crippen LogP contribution in [-0.4, -0.2) is 10.5 Å². The van der Waals surface area contributed by atoms with E-state index in [-0.39, 0.29) is 5.91 Å². The molecule has 0 spiro atoms. The van der Waals surface area contributed by atoms with Gasteiger partial charge >= 0.3 is 0 Å². The number of amides is 1. The lowest BCUT2D eigenvalue weighted by atomic mass is 10.1. The van der Waals surface area contributed by atoms with Gasteiger partial charge in [0.2, 0.25) is 0 Å². The Morgan fingerprint density at radius 1 is 1.29 bits per heavy atom. The number of thiazole rings is 1. The molecule has 1 heterocycles. The van der Waals surface area contributed by atoms with E-state index in [9.17, 15) is 4.79 Å². The summed E-state index contributed by atoms with van der Waals surface area (Å²) >= 11 is 3.64. The highest BCUT2D eigenvalue weighted by molar-refractivity contribution is 14.1. The number of aromatic nitrogens is 1. The van der Waals surface area contributed by atoms with E-state index in [4.69, 9.17) is 6.42 Å². The van der Waals surface area contributed by atoms with Crippen LogP contribution in [0.3, 0.4) is 0 Å². The molecule has 3 nitrogen and oxygen atoms in total. The van der Waals surface area contributed by atoms with Crippen molar-refractivity contribution in [1.29, 1.82) is 0 Å². The van der Waals surface area contributed by atoms with Crippen LogP contribution in [0.2, 0.25) is 0 Å². The third kappa shape index (κ3) is 3.17. The molecule has 3 aromatic rings. The number of carbonyl (C=O) groups excluding carboxylic acids is 1. The Hall–Kier alpha value is -1.91. The predicted molar refractivity (Wildman–Crippen MR) is 107 cm³/mol. The summed E-state index contributed by atoms with van der Waals surface area (Å²) in [7, 11) is 0. The van der Waals surface area contributed by atoms with E-state index < -0.39 is 0 Å². The Kier molecular flexibility index (Phi) is 4.88. The molecule has 1 amide bonds. The van der Waals surface area contributed by atoms with Crippen LogP contribution in [0.15, 0.2) is 41.4 Å². The van der Waals surface area contributed by atoms with Crippen molar-refractivity contribution in [3.8, 4) is 12.3 Å². The molecule has 0 bridgehead atoms. The number of aryl methyl sites for hydroxylation is 2. The second-order valence-electron chi connectivity index (χ2n) is 5.48. The van der Waals surface area contributed by atoms with Crippen LogP contribution >= 0.6 is 33.9 Å². The van der Waals surface area contributed by atoms with E-state index in [1.54, 1.807) is 6.07 Å². The van der Waals surface area contributed by atoms with Crippen LogP contribution in [0.5, 0.6) is 0 Å². The molecule has 0 saturated heterocycles. The van der Waals surface area contributed by atoms with Crippen molar-refractivity contribution in [2.24, 2.45) is 4.99 Å². The molecule has 0 aliphatic rings. The normalized spacial score (nSPS) is 11.7. The second-order valence-corrected chi connectivity index (χ2v) is 7.65. The second kappa shape index (κ2) is 6.91. The van der Waals surface area contributed by atoms with Crippen LogP contribution in [0, 0.1) is 29.8 Å². The molecule has 0 saturated carbocycles. The molecule has 0 atom stereocenters. The molecule has 0 aliphatic heterocycles. The highest BCUT2D eigenvalue weighted by atomic mass is 127. The average Bonchev–Trinajstić information content (AvgIpc) is 2.85. The van der Waals surface area contributed by atoms with Crippen LogP contribution in [-0.2, 0) is 6.54 Å². The smallest absolute Gasteiger partial charge is 0.280 e. The monoisotopic (exact) mass is 446 g/mol. The van der Waals surface area contributed by atoms with E-state index in [1.165, 1.54) is 22.5 Å². The van der Waals surface area contributed by atoms with Crippen molar-refractivity contribution < 1.29 is 4.79 Å². The van der Waals surface area contributed by atoms with Crippen molar-refractivity contribution in [3.63, 3.8) is 0 Å². The lowest BCUT2D eigenvalue weighted by Gasteiger charge is -2.03. The summed E-state index contributed by atoms with van der Waals surface area (Å²) < 4.78 is 3.91. The average molecular weight is 446 g/mol. The highest BCUT2D eigenvalue weighted by Gasteiger charge is 2.11. The maximum atomic E-state index is 12.6. The van der Waals surface area contributed by atoms with Crippen molar-refractivity contribution in [1.82, 2.24) is 4.57 Å². The number of nitrogens with zero attached hydrogens (tertiary/aromatic N) is 2. The van der Waals surface area contributed by atoms with Gasteiger partial charge in [0.05, 0.1) is 22.3 Å². The molecule has 0 radical (unpaired) electrons. The number of rotatable bonds is 2. The molecule has 24 heavy (non-hydrogen) atoms. The Morgan fingerprint density at radius 3 is 2.71 bits per heavy atom. The largest absolute Gasteiger partial charge is 0.305 e. The lowest BCUT2D eigenvalue weighted by molar-refractivity contribution is 0.0997. The molecule has 3 rings (SSSR count). The zero-order valence-electron chi connectivity index (χ0n) is 13.3. The van der Waals surface area contributed by atoms with Gasteiger partial charge in [0.25, 0.3) is 5.91 Å². The third-order valence-corrected chi connectivity index (χ3v) is 5.83. The Bertz CT molecular complexity index is 1050. The molecule has 2 aromatic carbocycles. The minimum Gasteiger partial charge on any atom is -0.305 e. The van der Waals surface area contributed by atoms with Crippen LogP contribution < -0.4 is 4.80 Å². The van der Waals surface area contributed by atoms with Gasteiger partial charge in [0.15, 0.2) is 4.80 Å². The van der Waals surface area contributed by atoms with Crippen molar-refractivity contribution in [2.45, 2.75) is 20.4 Å². The van der Waals surface area contributed by atoms with Gasteiger partial charge in [-0.05, 0) is 71.8 Å². The predicted octanol–water partition coefficient (Wildman–Crippen LogP) is 4.30. The molecule has 0 N–H and O–H groups in total. The van der Waals surface area contributed by atoms with Gasteiger partial charge < -0.3 is 4.57 Å². The first-order valence-corrected chi connectivity index (χ1v) is 9.28. The summed E-state index contributed by atoms with van der Waals surface area (Å²) in [5.74, 6) is 2.41. The van der Waals surface area contributed by atoms with Gasteiger partial charge in [-0.25, -0.2) is 0 Å². The number of benzene rings is 2. The molecule has 0 unspecified atom stereocenters. The summed E-state index contributed by atoms with van der Waals surface area (Å²) in [5, 5.41) is 0. The molecule has 0 fully saturated rings. The van der Waals surface area contributed by atoms with E-state index in [0.29, 0.717) is 16.9 Å². The standard InChI is InChI=1S/C19H15IN2OS/c1-4-9-22-16-10-12(2)13(3)11-17(16)24-19(22)21-18(23)14-7-5-6-8-15(14)20/h1,5-8,10-11H,9H2,2-3H3. The van der Waals surface area contributed by atoms with Gasteiger partial charge in [-0.1, -0.05) is 29.4 Å². The van der Waals surface area contributed by atoms with Gasteiger partial charge in [-0.2, -0.15) is 4.99 Å². The summed E-state index contributed by atoms with van der Waals surface area (Å²) in [5.41, 5.74) is 4.04. The molecule has 5 heteroatoms. The SMILES string of the molecule is C#CCn1c(=NC(=O)c2ccccc2I)sc2cc(C)c(C)cc21. The fourth-order valence-electron chi connectivity index (χ4n) is 2.43. The zero-order chi connectivity index (χ0) is 17.3. The van der Waals surface area contributed by atoms with Gasteiger partial charge in [-0.3, -0.25) is 4.79 Å². The number of halogens is 1. The van der Waals surface area contributed by atoms with E-state index in [2.05, 4.69) is 59.5 Å². The molecule has 1 aromatic heterocycles. The maximum Gasteiger partial charge on any atom is 0.280 e. The van der Waals surface area contributed by atoms with Crippen molar-refractivity contribution in [3.05, 3.63) is 61.5 Å². The van der Waals surface area contributed by atoms with Crippen LogP contribution in [0.1, 0.15) is 21.5 Å². The van der Waals surface area contributed by atoms with Gasteiger partial charge in [0, 0.05) is 3.57 Å². The molecule has 0 aliphatic carbocycles. The van der Waals surface area contributed by atoms with Crippen molar-refractivity contribution in [2.75, 3.05) is 0 Å². The van der Waals surface area contributed by atoms with E-state index >= 15 is 0 Å². The third-order valence-electron chi connectivity index (χ3n) is 3.85. The summed E-state index contributed by atoms with van der Waals surface area (Å²) in [6, 6.07) is 11.7. The lowest BCUT2D eigenvalue weighted by Crippen LogP contribution is -2.16. The number of hydrogen-bond acceptors (Lipinski definition) is 2. The first kappa shape index (κ1) is 16.9. The van der Waals surface area contributed by atoms with E-state index in [1.807, 2.05) is 22.8 Å². The molecular weight excluding hydrogens is 431 g/mol. The quantitative estimate of drug-likeness (QED) is 0.427. The number of terminal acetylenes is 1.